The SMILES string of the molecule is CC(OCc1ccccc1)C(=O)NCc1ccc(-c2ccccc2F)o1. The molecule has 3 rings (SSSR count). The summed E-state index contributed by atoms with van der Waals surface area (Å²) in [4.78, 5) is 12.1. The minimum absolute atomic E-state index is 0.215. The number of hydrogen-bond acceptors (Lipinski definition) is 3. The molecule has 0 aliphatic heterocycles. The zero-order chi connectivity index (χ0) is 18.4. The second kappa shape index (κ2) is 8.45. The van der Waals surface area contributed by atoms with E-state index in [9.17, 15) is 9.18 Å². The van der Waals surface area contributed by atoms with Gasteiger partial charge in [0.05, 0.1) is 18.7 Å². The normalized spacial score (nSPS) is 11.9. The molecule has 5 heteroatoms. The van der Waals surface area contributed by atoms with E-state index in [1.54, 1.807) is 37.3 Å². The Bertz CT molecular complexity index is 860. The van der Waals surface area contributed by atoms with Crippen LogP contribution in [0.2, 0.25) is 0 Å². The standard InChI is InChI=1S/C21H20FNO3/c1-15(25-14-16-7-3-2-4-8-16)21(24)23-13-17-11-12-20(26-17)18-9-5-6-10-19(18)22/h2-12,15H,13-14H2,1H3,(H,23,24). The molecule has 0 saturated carbocycles. The molecular weight excluding hydrogens is 333 g/mol. The zero-order valence-corrected chi connectivity index (χ0v) is 14.4. The van der Waals surface area contributed by atoms with Gasteiger partial charge in [0.1, 0.15) is 23.4 Å². The topological polar surface area (TPSA) is 51.5 Å². The van der Waals surface area contributed by atoms with Gasteiger partial charge in [-0.05, 0) is 36.8 Å². The fourth-order valence-electron chi connectivity index (χ4n) is 2.47. The number of rotatable bonds is 7. The van der Waals surface area contributed by atoms with Gasteiger partial charge in [-0.25, -0.2) is 4.39 Å². The molecule has 3 aromatic rings. The van der Waals surface area contributed by atoms with Crippen LogP contribution in [0.5, 0.6) is 0 Å². The van der Waals surface area contributed by atoms with Crippen LogP contribution in [-0.2, 0) is 22.7 Å². The molecule has 0 radical (unpaired) electrons. The van der Waals surface area contributed by atoms with E-state index in [0.717, 1.165) is 5.56 Å². The molecule has 26 heavy (non-hydrogen) atoms. The number of hydrogen-bond donors (Lipinski definition) is 1. The number of ether oxygens (including phenoxy) is 1. The lowest BCUT2D eigenvalue weighted by molar-refractivity contribution is -0.132. The van der Waals surface area contributed by atoms with E-state index in [2.05, 4.69) is 5.32 Å². The summed E-state index contributed by atoms with van der Waals surface area (Å²) in [7, 11) is 0. The molecule has 1 atom stereocenters. The van der Waals surface area contributed by atoms with E-state index in [1.807, 2.05) is 30.3 Å². The zero-order valence-electron chi connectivity index (χ0n) is 14.4. The van der Waals surface area contributed by atoms with Crippen LogP contribution >= 0.6 is 0 Å². The highest BCUT2D eigenvalue weighted by molar-refractivity contribution is 5.80. The van der Waals surface area contributed by atoms with Crippen molar-refractivity contribution in [1.82, 2.24) is 5.32 Å². The number of amides is 1. The minimum atomic E-state index is -0.587. The van der Waals surface area contributed by atoms with Crippen molar-refractivity contribution >= 4 is 5.91 Å². The predicted molar refractivity (Wildman–Crippen MR) is 96.6 cm³/mol. The summed E-state index contributed by atoms with van der Waals surface area (Å²) in [6.07, 6.45) is -0.587. The van der Waals surface area contributed by atoms with Crippen molar-refractivity contribution in [3.63, 3.8) is 0 Å². The van der Waals surface area contributed by atoms with Gasteiger partial charge in [-0.15, -0.1) is 0 Å². The number of benzene rings is 2. The lowest BCUT2D eigenvalue weighted by Crippen LogP contribution is -2.33. The Hall–Kier alpha value is -2.92. The Morgan fingerprint density at radius 2 is 1.81 bits per heavy atom. The van der Waals surface area contributed by atoms with Crippen molar-refractivity contribution in [2.45, 2.75) is 26.2 Å². The van der Waals surface area contributed by atoms with Gasteiger partial charge in [-0.2, -0.15) is 0 Å². The molecule has 0 aliphatic rings. The van der Waals surface area contributed by atoms with Gasteiger partial charge >= 0.3 is 0 Å². The number of carbonyl (C=O) groups is 1. The van der Waals surface area contributed by atoms with E-state index in [-0.39, 0.29) is 18.3 Å². The maximum Gasteiger partial charge on any atom is 0.249 e. The smallest absolute Gasteiger partial charge is 0.249 e. The molecule has 1 heterocycles. The van der Waals surface area contributed by atoms with Gasteiger partial charge in [-0.1, -0.05) is 42.5 Å². The van der Waals surface area contributed by atoms with Gasteiger partial charge in [-0.3, -0.25) is 4.79 Å². The van der Waals surface area contributed by atoms with Gasteiger partial charge in [0.15, 0.2) is 0 Å². The summed E-state index contributed by atoms with van der Waals surface area (Å²) in [6.45, 7) is 2.28. The van der Waals surface area contributed by atoms with E-state index < -0.39 is 6.10 Å². The lowest BCUT2D eigenvalue weighted by atomic mass is 10.1. The number of halogens is 1. The van der Waals surface area contributed by atoms with Gasteiger partial charge in [0.25, 0.3) is 0 Å². The average Bonchev–Trinajstić information content (AvgIpc) is 3.14. The highest BCUT2D eigenvalue weighted by atomic mass is 19.1. The average molecular weight is 353 g/mol. The number of furan rings is 1. The van der Waals surface area contributed by atoms with Crippen molar-refractivity contribution < 1.29 is 18.3 Å². The molecule has 1 aromatic heterocycles. The van der Waals surface area contributed by atoms with Gasteiger partial charge in [0.2, 0.25) is 5.91 Å². The summed E-state index contributed by atoms with van der Waals surface area (Å²) in [5.74, 6) is 0.401. The summed E-state index contributed by atoms with van der Waals surface area (Å²) in [5.41, 5.74) is 1.40. The second-order valence-electron chi connectivity index (χ2n) is 5.90. The van der Waals surface area contributed by atoms with Gasteiger partial charge < -0.3 is 14.5 Å². The Labute approximate surface area is 151 Å². The molecule has 0 aliphatic carbocycles. The van der Waals surface area contributed by atoms with E-state index >= 15 is 0 Å². The number of nitrogens with one attached hydrogen (secondary N) is 1. The van der Waals surface area contributed by atoms with Crippen molar-refractivity contribution in [3.05, 3.63) is 83.9 Å². The maximum atomic E-state index is 13.8. The quantitative estimate of drug-likeness (QED) is 0.689. The summed E-state index contributed by atoms with van der Waals surface area (Å²) in [5, 5.41) is 2.76. The van der Waals surface area contributed by atoms with Crippen molar-refractivity contribution in [3.8, 4) is 11.3 Å². The Morgan fingerprint density at radius 1 is 1.08 bits per heavy atom. The third-order valence-corrected chi connectivity index (χ3v) is 3.95. The van der Waals surface area contributed by atoms with Crippen molar-refractivity contribution in [2.24, 2.45) is 0 Å². The highest BCUT2D eigenvalue weighted by Crippen LogP contribution is 2.24. The molecule has 2 aromatic carbocycles. The second-order valence-corrected chi connectivity index (χ2v) is 5.90. The number of carbonyl (C=O) groups excluding carboxylic acids is 1. The first kappa shape index (κ1) is 17.9. The molecule has 1 unspecified atom stereocenters. The van der Waals surface area contributed by atoms with Crippen LogP contribution < -0.4 is 5.32 Å². The molecule has 0 fully saturated rings. The van der Waals surface area contributed by atoms with Crippen LogP contribution in [0.15, 0.2) is 71.1 Å². The Morgan fingerprint density at radius 3 is 2.58 bits per heavy atom. The predicted octanol–water partition coefficient (Wildman–Crippen LogP) is 4.31. The van der Waals surface area contributed by atoms with Crippen LogP contribution in [0.25, 0.3) is 11.3 Å². The van der Waals surface area contributed by atoms with Crippen LogP contribution in [0, 0.1) is 5.82 Å². The molecule has 4 nitrogen and oxygen atoms in total. The van der Waals surface area contributed by atoms with E-state index in [1.165, 1.54) is 6.07 Å². The molecule has 0 saturated heterocycles. The maximum absolute atomic E-state index is 13.8. The molecule has 134 valence electrons. The molecular formula is C21H20FNO3. The monoisotopic (exact) mass is 353 g/mol. The molecule has 0 spiro atoms. The largest absolute Gasteiger partial charge is 0.459 e. The van der Waals surface area contributed by atoms with Crippen LogP contribution in [-0.4, -0.2) is 12.0 Å². The first-order valence-electron chi connectivity index (χ1n) is 8.40. The fraction of sp³-hybridized carbons (Fsp3) is 0.190. The highest BCUT2D eigenvalue weighted by Gasteiger charge is 2.14. The Kier molecular flexibility index (Phi) is 5.81. The summed E-state index contributed by atoms with van der Waals surface area (Å²) in [6, 6.07) is 19.5. The van der Waals surface area contributed by atoms with E-state index in [0.29, 0.717) is 23.7 Å². The Balaban J connectivity index is 1.51. The van der Waals surface area contributed by atoms with Crippen LogP contribution in [0.3, 0.4) is 0 Å². The first-order chi connectivity index (χ1) is 12.6. The van der Waals surface area contributed by atoms with Crippen LogP contribution in [0.1, 0.15) is 18.2 Å². The third kappa shape index (κ3) is 4.58. The molecule has 0 bridgehead atoms. The first-order valence-corrected chi connectivity index (χ1v) is 8.40. The lowest BCUT2D eigenvalue weighted by Gasteiger charge is -2.13. The van der Waals surface area contributed by atoms with E-state index in [4.69, 9.17) is 9.15 Å². The van der Waals surface area contributed by atoms with Crippen molar-refractivity contribution in [2.75, 3.05) is 0 Å². The fourth-order valence-corrected chi connectivity index (χ4v) is 2.47. The molecule has 1 amide bonds. The molecule has 1 N–H and O–H groups in total. The van der Waals surface area contributed by atoms with Gasteiger partial charge in [0, 0.05) is 0 Å². The minimum Gasteiger partial charge on any atom is -0.459 e. The summed E-state index contributed by atoms with van der Waals surface area (Å²) < 4.78 is 25.0. The van der Waals surface area contributed by atoms with Crippen LogP contribution in [0.4, 0.5) is 4.39 Å². The summed E-state index contributed by atoms with van der Waals surface area (Å²) >= 11 is 0. The van der Waals surface area contributed by atoms with Crippen molar-refractivity contribution in [1.29, 1.82) is 0 Å². The third-order valence-electron chi connectivity index (χ3n) is 3.95.